The molecule has 5 heteroatoms. The minimum atomic E-state index is -0.234. The van der Waals surface area contributed by atoms with Crippen molar-refractivity contribution in [3.05, 3.63) is 65.6 Å². The van der Waals surface area contributed by atoms with Crippen LogP contribution in [0.2, 0.25) is 0 Å². The predicted molar refractivity (Wildman–Crippen MR) is 103 cm³/mol. The van der Waals surface area contributed by atoms with Crippen LogP contribution >= 0.6 is 0 Å². The number of halogens is 1. The lowest BCUT2D eigenvalue weighted by Gasteiger charge is -2.32. The fourth-order valence-electron chi connectivity index (χ4n) is 3.67. The average Bonchev–Trinajstić information content (AvgIpc) is 3.10. The number of nitrogens with zero attached hydrogens (tertiary/aromatic N) is 1. The van der Waals surface area contributed by atoms with E-state index in [1.54, 1.807) is 6.07 Å². The molecule has 1 atom stereocenters. The largest absolute Gasteiger partial charge is 0.484 e. The van der Waals surface area contributed by atoms with E-state index in [2.05, 4.69) is 4.98 Å². The van der Waals surface area contributed by atoms with Gasteiger partial charge in [0, 0.05) is 35.6 Å². The molecular weight excluding hydrogens is 343 g/mol. The summed E-state index contributed by atoms with van der Waals surface area (Å²) in [6.45, 7) is 3.47. The number of aryl methyl sites for hydroxylation is 1. The Hall–Kier alpha value is -2.82. The van der Waals surface area contributed by atoms with Crippen LogP contribution in [0.4, 0.5) is 4.39 Å². The molecule has 0 aliphatic carbocycles. The van der Waals surface area contributed by atoms with Crippen LogP contribution in [0, 0.1) is 12.7 Å². The van der Waals surface area contributed by atoms with Crippen LogP contribution in [0.3, 0.4) is 0 Å². The number of hydrogen-bond acceptors (Lipinski definition) is 2. The maximum atomic E-state index is 13.4. The van der Waals surface area contributed by atoms with Crippen molar-refractivity contribution in [2.75, 3.05) is 19.7 Å². The molecule has 1 amide bonds. The van der Waals surface area contributed by atoms with Crippen LogP contribution in [-0.2, 0) is 4.79 Å². The van der Waals surface area contributed by atoms with Gasteiger partial charge in [-0.25, -0.2) is 4.39 Å². The first kappa shape index (κ1) is 17.6. The Morgan fingerprint density at radius 1 is 1.22 bits per heavy atom. The third-order valence-electron chi connectivity index (χ3n) is 5.20. The quantitative estimate of drug-likeness (QED) is 0.744. The zero-order valence-electron chi connectivity index (χ0n) is 15.4. The standard InChI is InChI=1S/C22H23FN2O2/c1-15-4-7-19(8-5-15)27-14-22(26)25-10-2-3-16(13-25)21-12-17-11-18(23)6-9-20(17)24-21/h4-9,11-12,16,24H,2-3,10,13-14H2,1H3. The number of nitrogens with one attached hydrogen (secondary N) is 1. The Morgan fingerprint density at radius 2 is 2.04 bits per heavy atom. The van der Waals surface area contributed by atoms with Gasteiger partial charge in [-0.15, -0.1) is 0 Å². The topological polar surface area (TPSA) is 45.3 Å². The van der Waals surface area contributed by atoms with Crippen LogP contribution in [0.25, 0.3) is 10.9 Å². The van der Waals surface area contributed by atoms with Crippen molar-refractivity contribution in [3.8, 4) is 5.75 Å². The van der Waals surface area contributed by atoms with Crippen molar-refractivity contribution in [1.82, 2.24) is 9.88 Å². The predicted octanol–water partition coefficient (Wildman–Crippen LogP) is 4.40. The number of H-pyrrole nitrogens is 1. The van der Waals surface area contributed by atoms with E-state index in [9.17, 15) is 9.18 Å². The molecule has 1 saturated heterocycles. The van der Waals surface area contributed by atoms with Gasteiger partial charge in [0.05, 0.1) is 0 Å². The highest BCUT2D eigenvalue weighted by Crippen LogP contribution is 2.29. The van der Waals surface area contributed by atoms with Crippen LogP contribution in [0.1, 0.15) is 30.0 Å². The molecule has 2 heterocycles. The average molecular weight is 366 g/mol. The SMILES string of the molecule is Cc1ccc(OCC(=O)N2CCCC(c3cc4cc(F)ccc4[nH]3)C2)cc1. The summed E-state index contributed by atoms with van der Waals surface area (Å²) < 4.78 is 19.1. The monoisotopic (exact) mass is 366 g/mol. The summed E-state index contributed by atoms with van der Waals surface area (Å²) in [7, 11) is 0. The molecule has 0 saturated carbocycles. The number of carbonyl (C=O) groups is 1. The van der Waals surface area contributed by atoms with E-state index < -0.39 is 0 Å². The van der Waals surface area contributed by atoms with E-state index in [0.29, 0.717) is 12.3 Å². The van der Waals surface area contributed by atoms with Crippen molar-refractivity contribution in [3.63, 3.8) is 0 Å². The fraction of sp³-hybridized carbons (Fsp3) is 0.318. The number of ether oxygens (including phenoxy) is 1. The van der Waals surface area contributed by atoms with Gasteiger partial charge in [-0.3, -0.25) is 4.79 Å². The van der Waals surface area contributed by atoms with Gasteiger partial charge in [0.2, 0.25) is 0 Å². The lowest BCUT2D eigenvalue weighted by atomic mass is 9.94. The highest BCUT2D eigenvalue weighted by molar-refractivity contribution is 5.81. The van der Waals surface area contributed by atoms with Crippen molar-refractivity contribution < 1.29 is 13.9 Å². The number of fused-ring (bicyclic) bond motifs is 1. The maximum absolute atomic E-state index is 13.4. The molecule has 3 aromatic rings. The lowest BCUT2D eigenvalue weighted by molar-refractivity contribution is -0.134. The van der Waals surface area contributed by atoms with Crippen molar-refractivity contribution >= 4 is 16.8 Å². The van der Waals surface area contributed by atoms with Crippen LogP contribution in [0.5, 0.6) is 5.75 Å². The van der Waals surface area contributed by atoms with Gasteiger partial charge in [0.1, 0.15) is 11.6 Å². The first-order valence-electron chi connectivity index (χ1n) is 9.34. The maximum Gasteiger partial charge on any atom is 0.260 e. The number of rotatable bonds is 4. The Labute approximate surface area is 157 Å². The molecule has 1 N–H and O–H groups in total. The molecule has 0 bridgehead atoms. The Morgan fingerprint density at radius 3 is 2.85 bits per heavy atom. The summed E-state index contributed by atoms with van der Waals surface area (Å²) in [4.78, 5) is 17.8. The van der Waals surface area contributed by atoms with Crippen LogP contribution in [0.15, 0.2) is 48.5 Å². The number of piperidine rings is 1. The van der Waals surface area contributed by atoms with Crippen molar-refractivity contribution in [2.45, 2.75) is 25.7 Å². The van der Waals surface area contributed by atoms with E-state index in [1.807, 2.05) is 42.2 Å². The highest BCUT2D eigenvalue weighted by Gasteiger charge is 2.26. The Bertz CT molecular complexity index is 949. The number of benzene rings is 2. The second-order valence-electron chi connectivity index (χ2n) is 7.24. The molecule has 1 aliphatic rings. The zero-order chi connectivity index (χ0) is 18.8. The van der Waals surface area contributed by atoms with Gasteiger partial charge >= 0.3 is 0 Å². The molecule has 1 unspecified atom stereocenters. The van der Waals surface area contributed by atoms with Gasteiger partial charge in [-0.05, 0) is 56.2 Å². The zero-order valence-corrected chi connectivity index (χ0v) is 15.4. The molecule has 0 radical (unpaired) electrons. The summed E-state index contributed by atoms with van der Waals surface area (Å²) in [5.74, 6) is 0.710. The third kappa shape index (κ3) is 3.97. The molecule has 0 spiro atoms. The number of amides is 1. The smallest absolute Gasteiger partial charge is 0.260 e. The second-order valence-corrected chi connectivity index (χ2v) is 7.24. The van der Waals surface area contributed by atoms with Crippen LogP contribution < -0.4 is 4.74 Å². The summed E-state index contributed by atoms with van der Waals surface area (Å²) in [6.07, 6.45) is 1.96. The molecule has 27 heavy (non-hydrogen) atoms. The normalized spacial score (nSPS) is 17.3. The lowest BCUT2D eigenvalue weighted by Crippen LogP contribution is -2.41. The van der Waals surface area contributed by atoms with Crippen molar-refractivity contribution in [1.29, 1.82) is 0 Å². The molecule has 1 aromatic heterocycles. The highest BCUT2D eigenvalue weighted by atomic mass is 19.1. The second kappa shape index (κ2) is 7.43. The van der Waals surface area contributed by atoms with Gasteiger partial charge in [-0.2, -0.15) is 0 Å². The van der Waals surface area contributed by atoms with Gasteiger partial charge in [0.25, 0.3) is 5.91 Å². The fourth-order valence-corrected chi connectivity index (χ4v) is 3.67. The van der Waals surface area contributed by atoms with E-state index in [1.165, 1.54) is 12.1 Å². The molecule has 1 fully saturated rings. The van der Waals surface area contributed by atoms with Gasteiger partial charge < -0.3 is 14.6 Å². The molecule has 4 rings (SSSR count). The van der Waals surface area contributed by atoms with Crippen molar-refractivity contribution in [2.24, 2.45) is 0 Å². The molecule has 1 aliphatic heterocycles. The minimum Gasteiger partial charge on any atom is -0.484 e. The van der Waals surface area contributed by atoms with E-state index in [-0.39, 0.29) is 24.2 Å². The van der Waals surface area contributed by atoms with E-state index in [0.717, 1.165) is 41.5 Å². The third-order valence-corrected chi connectivity index (χ3v) is 5.20. The number of aromatic amines is 1. The minimum absolute atomic E-state index is 0.00225. The summed E-state index contributed by atoms with van der Waals surface area (Å²) >= 11 is 0. The number of carbonyl (C=O) groups excluding carboxylic acids is 1. The summed E-state index contributed by atoms with van der Waals surface area (Å²) in [5, 5.41) is 0.871. The Balaban J connectivity index is 1.40. The summed E-state index contributed by atoms with van der Waals surface area (Å²) in [5.41, 5.74) is 3.15. The Kier molecular flexibility index (Phi) is 4.84. The van der Waals surface area contributed by atoms with Gasteiger partial charge in [0.15, 0.2) is 6.61 Å². The molecule has 2 aromatic carbocycles. The molecule has 4 nitrogen and oxygen atoms in total. The van der Waals surface area contributed by atoms with E-state index in [4.69, 9.17) is 4.74 Å². The number of likely N-dealkylation sites (tertiary alicyclic amines) is 1. The van der Waals surface area contributed by atoms with E-state index >= 15 is 0 Å². The summed E-state index contributed by atoms with van der Waals surface area (Å²) in [6, 6.07) is 14.5. The number of hydrogen-bond donors (Lipinski definition) is 1. The first-order chi connectivity index (χ1) is 13.1. The number of aromatic nitrogens is 1. The molecular formula is C22H23FN2O2. The first-order valence-corrected chi connectivity index (χ1v) is 9.34. The van der Waals surface area contributed by atoms with Gasteiger partial charge in [-0.1, -0.05) is 17.7 Å². The van der Waals surface area contributed by atoms with Crippen LogP contribution in [-0.4, -0.2) is 35.5 Å². The molecule has 140 valence electrons.